The molecule has 59 heavy (non-hydrogen) atoms. The molecule has 9 heteroatoms. The van der Waals surface area contributed by atoms with E-state index in [9.17, 15) is 0 Å². The van der Waals surface area contributed by atoms with Gasteiger partial charge in [0.1, 0.15) is 11.6 Å². The molecule has 5 heterocycles. The van der Waals surface area contributed by atoms with Gasteiger partial charge in [-0.2, -0.15) is 9.97 Å². The summed E-state index contributed by atoms with van der Waals surface area (Å²) in [7, 11) is 0. The van der Waals surface area contributed by atoms with Crippen molar-refractivity contribution in [2.75, 3.05) is 14.7 Å². The third kappa shape index (κ3) is 6.46. The molecule has 0 bridgehead atoms. The topological polar surface area (TPSA) is 61.3 Å². The number of para-hydroxylation sites is 4. The van der Waals surface area contributed by atoms with Gasteiger partial charge in [-0.05, 0) is 119 Å². The molecule has 3 aromatic heterocycles. The fraction of sp³-hybridized carbons (Fsp3) is 0. The van der Waals surface area contributed by atoms with Crippen LogP contribution in [0.2, 0.25) is 0 Å². The van der Waals surface area contributed by atoms with E-state index in [0.29, 0.717) is 5.95 Å². The summed E-state index contributed by atoms with van der Waals surface area (Å²) in [4.78, 5) is 31.0. The van der Waals surface area contributed by atoms with Gasteiger partial charge in [-0.15, -0.1) is 0 Å². The molecule has 0 radical (unpaired) electrons. The van der Waals surface area contributed by atoms with Crippen molar-refractivity contribution in [1.29, 1.82) is 0 Å². The summed E-state index contributed by atoms with van der Waals surface area (Å²) >= 11 is 3.56. The summed E-state index contributed by atoms with van der Waals surface area (Å²) in [5.41, 5.74) is 10.5. The lowest BCUT2D eigenvalue weighted by atomic mass is 10.1. The largest absolute Gasteiger partial charge is 0.293 e. The van der Waals surface area contributed by atoms with E-state index in [1.54, 1.807) is 23.5 Å². The van der Waals surface area contributed by atoms with Gasteiger partial charge >= 0.3 is 0 Å². The SMILES string of the molecule is c1ccc2c(c1)Sc1ccccc1N2c1cc(N2c3ccccc3Sc3ccccc32)nc(N(c2ccc(-c3ccncc3)cc2)c2ccc(-c3ccncc3)cc2)n1. The monoisotopic (exact) mass is 795 g/mol. The second kappa shape index (κ2) is 14.9. The molecule has 0 unspecified atom stereocenters. The van der Waals surface area contributed by atoms with Crippen LogP contribution in [0.4, 0.5) is 51.7 Å². The van der Waals surface area contributed by atoms with Crippen LogP contribution in [0, 0.1) is 0 Å². The maximum Gasteiger partial charge on any atom is 0.238 e. The Kier molecular flexibility index (Phi) is 8.87. The molecule has 0 N–H and O–H groups in total. The molecule has 0 saturated heterocycles. The molecule has 0 atom stereocenters. The van der Waals surface area contributed by atoms with Crippen LogP contribution in [0.1, 0.15) is 0 Å². The van der Waals surface area contributed by atoms with Gasteiger partial charge in [0.2, 0.25) is 5.95 Å². The lowest BCUT2D eigenvalue weighted by molar-refractivity contribution is 1.02. The molecule has 0 amide bonds. The minimum Gasteiger partial charge on any atom is -0.293 e. The zero-order valence-electron chi connectivity index (χ0n) is 31.5. The second-order valence-corrected chi connectivity index (χ2v) is 16.2. The molecule has 2 aliphatic rings. The molecule has 0 spiro atoms. The van der Waals surface area contributed by atoms with Crippen LogP contribution in [-0.2, 0) is 0 Å². The number of aromatic nitrogens is 4. The quantitative estimate of drug-likeness (QED) is 0.157. The van der Waals surface area contributed by atoms with Crippen molar-refractivity contribution in [2.45, 2.75) is 19.6 Å². The molecule has 2 aliphatic heterocycles. The highest BCUT2D eigenvalue weighted by Crippen LogP contribution is 2.54. The Balaban J connectivity index is 1.16. The number of fused-ring (bicyclic) bond motifs is 4. The summed E-state index contributed by atoms with van der Waals surface area (Å²) < 4.78 is 0. The lowest BCUT2D eigenvalue weighted by Crippen LogP contribution is -2.22. The second-order valence-electron chi connectivity index (χ2n) is 14.0. The average Bonchev–Trinajstić information content (AvgIpc) is 3.31. The van der Waals surface area contributed by atoms with E-state index in [2.05, 4.69) is 176 Å². The van der Waals surface area contributed by atoms with Crippen LogP contribution < -0.4 is 14.7 Å². The van der Waals surface area contributed by atoms with Crippen LogP contribution in [-0.4, -0.2) is 19.9 Å². The van der Waals surface area contributed by atoms with E-state index in [4.69, 9.17) is 9.97 Å². The first kappa shape index (κ1) is 35.0. The van der Waals surface area contributed by atoms with Gasteiger partial charge in [0, 0.05) is 61.8 Å². The van der Waals surface area contributed by atoms with E-state index in [1.807, 2.05) is 49.1 Å². The number of hydrogen-bond acceptors (Lipinski definition) is 9. The van der Waals surface area contributed by atoms with Gasteiger partial charge in [0.05, 0.1) is 22.7 Å². The van der Waals surface area contributed by atoms with Crippen molar-refractivity contribution in [2.24, 2.45) is 0 Å². The van der Waals surface area contributed by atoms with Crippen molar-refractivity contribution in [3.63, 3.8) is 0 Å². The Morgan fingerprint density at radius 2 is 0.678 bits per heavy atom. The maximum atomic E-state index is 5.56. The highest BCUT2D eigenvalue weighted by atomic mass is 32.2. The molecule has 7 nitrogen and oxygen atoms in total. The zero-order chi connectivity index (χ0) is 39.1. The van der Waals surface area contributed by atoms with Gasteiger partial charge < -0.3 is 0 Å². The van der Waals surface area contributed by atoms with Crippen molar-refractivity contribution < 1.29 is 0 Å². The summed E-state index contributed by atoms with van der Waals surface area (Å²) in [5.74, 6) is 2.04. The first-order chi connectivity index (χ1) is 29.2. The minimum absolute atomic E-state index is 0.534. The number of hydrogen-bond donors (Lipinski definition) is 0. The first-order valence-electron chi connectivity index (χ1n) is 19.3. The van der Waals surface area contributed by atoms with Crippen LogP contribution in [0.15, 0.2) is 220 Å². The number of rotatable bonds is 7. The Hall–Kier alpha value is -7.20. The number of pyridine rings is 2. The molecule has 280 valence electrons. The molecule has 6 aromatic carbocycles. The van der Waals surface area contributed by atoms with E-state index in [0.717, 1.165) is 87.6 Å². The average molecular weight is 796 g/mol. The highest BCUT2D eigenvalue weighted by Gasteiger charge is 2.31. The fourth-order valence-electron chi connectivity index (χ4n) is 7.72. The van der Waals surface area contributed by atoms with Gasteiger partial charge in [0.25, 0.3) is 0 Å². The predicted molar refractivity (Wildman–Crippen MR) is 241 cm³/mol. The summed E-state index contributed by atoms with van der Waals surface area (Å²) in [5, 5.41) is 0. The Morgan fingerprint density at radius 3 is 1.03 bits per heavy atom. The van der Waals surface area contributed by atoms with E-state index < -0.39 is 0 Å². The standard InChI is InChI=1S/C50H33N7S2/c1-5-13-44-40(9-1)56(41-10-2-6-14-45(41)58-44)48-33-49(57-42-11-3-7-15-46(42)59-47-16-8-4-12-43(47)57)54-50(53-48)55(38-21-17-34(18-22-38)36-25-29-51-30-26-36)39-23-19-35(20-24-39)37-27-31-52-32-28-37/h1-33H. The van der Waals surface area contributed by atoms with Crippen molar-refractivity contribution in [3.8, 4) is 22.3 Å². The Labute approximate surface area is 350 Å². The van der Waals surface area contributed by atoms with Gasteiger partial charge in [-0.1, -0.05) is 96.3 Å². The molecule has 0 aliphatic carbocycles. The van der Waals surface area contributed by atoms with Crippen molar-refractivity contribution in [3.05, 3.63) is 201 Å². The Morgan fingerprint density at radius 1 is 0.356 bits per heavy atom. The van der Waals surface area contributed by atoms with Crippen molar-refractivity contribution in [1.82, 2.24) is 19.9 Å². The predicted octanol–water partition coefficient (Wildman–Crippen LogP) is 13.9. The lowest BCUT2D eigenvalue weighted by Gasteiger charge is -2.35. The van der Waals surface area contributed by atoms with Crippen LogP contribution in [0.5, 0.6) is 0 Å². The number of benzene rings is 6. The third-order valence-corrected chi connectivity index (χ3v) is 12.7. The van der Waals surface area contributed by atoms with E-state index in [1.165, 1.54) is 0 Å². The van der Waals surface area contributed by atoms with Gasteiger partial charge in [0.15, 0.2) is 0 Å². The summed E-state index contributed by atoms with van der Waals surface area (Å²) in [6.45, 7) is 0. The Bertz CT molecular complexity index is 2670. The zero-order valence-corrected chi connectivity index (χ0v) is 33.1. The summed E-state index contributed by atoms with van der Waals surface area (Å²) in [6.07, 6.45) is 7.30. The minimum atomic E-state index is 0.534. The van der Waals surface area contributed by atoms with E-state index >= 15 is 0 Å². The molecular weight excluding hydrogens is 763 g/mol. The van der Waals surface area contributed by atoms with E-state index in [-0.39, 0.29) is 0 Å². The maximum absolute atomic E-state index is 5.56. The fourth-order valence-corrected chi connectivity index (χ4v) is 9.83. The number of nitrogens with zero attached hydrogens (tertiary/aromatic N) is 7. The third-order valence-electron chi connectivity index (χ3n) is 10.5. The van der Waals surface area contributed by atoms with Gasteiger partial charge in [-0.3, -0.25) is 24.7 Å². The first-order valence-corrected chi connectivity index (χ1v) is 20.9. The number of anilines is 9. The van der Waals surface area contributed by atoms with Crippen molar-refractivity contribution >= 4 is 75.2 Å². The van der Waals surface area contributed by atoms with Crippen LogP contribution in [0.3, 0.4) is 0 Å². The molecular formula is C50H33N7S2. The molecule has 0 saturated carbocycles. The highest BCUT2D eigenvalue weighted by molar-refractivity contribution is 8.00. The molecule has 0 fully saturated rings. The van der Waals surface area contributed by atoms with Gasteiger partial charge in [-0.25, -0.2) is 0 Å². The summed E-state index contributed by atoms with van der Waals surface area (Å²) in [6, 6.07) is 61.6. The van der Waals surface area contributed by atoms with Crippen LogP contribution in [0.25, 0.3) is 22.3 Å². The smallest absolute Gasteiger partial charge is 0.238 e. The molecule has 11 rings (SSSR count). The normalized spacial score (nSPS) is 12.5. The van der Waals surface area contributed by atoms with Crippen LogP contribution >= 0.6 is 23.5 Å². The molecule has 9 aromatic rings.